The Bertz CT molecular complexity index is 582. The van der Waals surface area contributed by atoms with E-state index in [1.54, 1.807) is 12.1 Å². The van der Waals surface area contributed by atoms with Gasteiger partial charge in [-0.25, -0.2) is 4.39 Å². The van der Waals surface area contributed by atoms with Gasteiger partial charge in [-0.15, -0.1) is 24.0 Å². The Morgan fingerprint density at radius 1 is 1.26 bits per heavy atom. The van der Waals surface area contributed by atoms with Gasteiger partial charge in [0.15, 0.2) is 5.96 Å². The fraction of sp³-hybridized carbons (Fsp3) is 0.632. The molecule has 0 aromatic heterocycles. The van der Waals surface area contributed by atoms with Crippen LogP contribution in [-0.4, -0.2) is 81.4 Å². The van der Waals surface area contributed by atoms with Gasteiger partial charge in [0.2, 0.25) is 0 Å². The Morgan fingerprint density at radius 3 is 2.70 bits per heavy atom. The van der Waals surface area contributed by atoms with Gasteiger partial charge in [-0.3, -0.25) is 9.89 Å². The van der Waals surface area contributed by atoms with E-state index in [1.807, 2.05) is 7.05 Å². The lowest BCUT2D eigenvalue weighted by Crippen LogP contribution is -2.46. The first-order chi connectivity index (χ1) is 12.8. The number of guanidine groups is 1. The van der Waals surface area contributed by atoms with Crippen molar-refractivity contribution in [3.05, 3.63) is 30.1 Å². The number of hydrogen-bond donors (Lipinski definition) is 1. The highest BCUT2D eigenvalue weighted by atomic mass is 127. The summed E-state index contributed by atoms with van der Waals surface area (Å²) in [6.45, 7) is 7.20. The normalized spacial score (nSPS) is 21.0. The molecule has 6 nitrogen and oxygen atoms in total. The second kappa shape index (κ2) is 11.7. The predicted octanol–water partition coefficient (Wildman–Crippen LogP) is 2.19. The lowest BCUT2D eigenvalue weighted by atomic mass is 10.2. The zero-order chi connectivity index (χ0) is 18.2. The third-order valence-electron chi connectivity index (χ3n) is 4.92. The maximum absolute atomic E-state index is 12.9. The molecule has 1 aromatic carbocycles. The minimum Gasteiger partial charge on any atom is -0.494 e. The summed E-state index contributed by atoms with van der Waals surface area (Å²) in [4.78, 5) is 9.29. The van der Waals surface area contributed by atoms with E-state index in [4.69, 9.17) is 9.47 Å². The van der Waals surface area contributed by atoms with E-state index in [0.29, 0.717) is 18.4 Å². The quantitative estimate of drug-likeness (QED) is 0.286. The van der Waals surface area contributed by atoms with Gasteiger partial charge >= 0.3 is 0 Å². The highest BCUT2D eigenvalue weighted by Gasteiger charge is 2.30. The van der Waals surface area contributed by atoms with Crippen molar-refractivity contribution in [3.8, 4) is 5.75 Å². The summed E-state index contributed by atoms with van der Waals surface area (Å²) in [6, 6.07) is 6.72. The molecule has 27 heavy (non-hydrogen) atoms. The zero-order valence-corrected chi connectivity index (χ0v) is 18.2. The summed E-state index contributed by atoms with van der Waals surface area (Å²) in [5.74, 6) is 1.41. The Kier molecular flexibility index (Phi) is 9.57. The molecule has 3 rings (SSSR count). The zero-order valence-electron chi connectivity index (χ0n) is 15.9. The number of nitrogens with one attached hydrogen (secondary N) is 1. The van der Waals surface area contributed by atoms with Gasteiger partial charge in [-0.05, 0) is 37.1 Å². The monoisotopic (exact) mass is 492 g/mol. The van der Waals surface area contributed by atoms with Crippen LogP contribution in [0.1, 0.15) is 12.8 Å². The topological polar surface area (TPSA) is 49.3 Å². The molecule has 0 saturated carbocycles. The van der Waals surface area contributed by atoms with Gasteiger partial charge in [0, 0.05) is 45.8 Å². The number of hydrogen-bond acceptors (Lipinski definition) is 4. The van der Waals surface area contributed by atoms with Crippen molar-refractivity contribution in [2.24, 2.45) is 4.99 Å². The van der Waals surface area contributed by atoms with Gasteiger partial charge in [-0.1, -0.05) is 0 Å². The molecule has 2 fully saturated rings. The van der Waals surface area contributed by atoms with E-state index in [0.717, 1.165) is 58.3 Å². The van der Waals surface area contributed by atoms with Gasteiger partial charge in [0.25, 0.3) is 0 Å². The Balaban J connectivity index is 0.00000261. The first-order valence-corrected chi connectivity index (χ1v) is 9.42. The molecule has 0 bridgehead atoms. The van der Waals surface area contributed by atoms with Crippen molar-refractivity contribution < 1.29 is 13.9 Å². The molecule has 8 heteroatoms. The van der Waals surface area contributed by atoms with Gasteiger partial charge in [0.1, 0.15) is 11.6 Å². The summed E-state index contributed by atoms with van der Waals surface area (Å²) in [5, 5.41) is 3.42. The molecule has 152 valence electrons. The molecule has 0 radical (unpaired) electrons. The lowest BCUT2D eigenvalue weighted by molar-refractivity contribution is 0.0195. The van der Waals surface area contributed by atoms with E-state index in [1.165, 1.54) is 18.6 Å². The fourth-order valence-electron chi connectivity index (χ4n) is 3.50. The molecule has 2 aliphatic heterocycles. The number of likely N-dealkylation sites (tertiary alicyclic amines) is 1. The molecular formula is C19H30FIN4O2. The number of halogens is 2. The standard InChI is InChI=1S/C19H29FN4O2.HI/c1-21-19(22-8-2-12-26-18-5-3-16(20)4-6-18)24-9-7-17(15-24)23-10-13-25-14-11-23;/h3-6,17H,2,7-15H2,1H3,(H,21,22);1H. The van der Waals surface area contributed by atoms with Crippen LogP contribution < -0.4 is 10.1 Å². The van der Waals surface area contributed by atoms with E-state index in [2.05, 4.69) is 20.1 Å². The third-order valence-corrected chi connectivity index (χ3v) is 4.92. The average Bonchev–Trinajstić information content (AvgIpc) is 3.17. The number of benzene rings is 1. The Labute approximate surface area is 178 Å². The maximum atomic E-state index is 12.9. The van der Waals surface area contributed by atoms with Crippen LogP contribution in [0.2, 0.25) is 0 Å². The van der Waals surface area contributed by atoms with Crippen LogP contribution in [0.5, 0.6) is 5.75 Å². The minimum absolute atomic E-state index is 0. The molecule has 0 amide bonds. The van der Waals surface area contributed by atoms with E-state index in [-0.39, 0.29) is 29.8 Å². The van der Waals surface area contributed by atoms with Gasteiger partial charge < -0.3 is 19.7 Å². The van der Waals surface area contributed by atoms with Crippen LogP contribution >= 0.6 is 24.0 Å². The van der Waals surface area contributed by atoms with Crippen LogP contribution in [0.4, 0.5) is 4.39 Å². The molecule has 2 saturated heterocycles. The first kappa shape index (κ1) is 22.2. The molecule has 0 aliphatic carbocycles. The molecule has 2 heterocycles. The van der Waals surface area contributed by atoms with Crippen molar-refractivity contribution in [1.29, 1.82) is 0 Å². The molecule has 2 aliphatic rings. The van der Waals surface area contributed by atoms with Crippen LogP contribution in [0.25, 0.3) is 0 Å². The van der Waals surface area contributed by atoms with Crippen molar-refractivity contribution in [2.75, 3.05) is 59.6 Å². The molecule has 1 unspecified atom stereocenters. The Hall–Kier alpha value is -1.13. The lowest BCUT2D eigenvalue weighted by Gasteiger charge is -2.32. The highest BCUT2D eigenvalue weighted by Crippen LogP contribution is 2.17. The van der Waals surface area contributed by atoms with Gasteiger partial charge in [0.05, 0.1) is 19.8 Å². The maximum Gasteiger partial charge on any atom is 0.193 e. The summed E-state index contributed by atoms with van der Waals surface area (Å²) >= 11 is 0. The van der Waals surface area contributed by atoms with Crippen molar-refractivity contribution in [1.82, 2.24) is 15.1 Å². The molecule has 0 spiro atoms. The molecular weight excluding hydrogens is 462 g/mol. The van der Waals surface area contributed by atoms with Crippen molar-refractivity contribution in [3.63, 3.8) is 0 Å². The SMILES string of the molecule is CN=C(NCCCOc1ccc(F)cc1)N1CCC(N2CCOCC2)C1.I. The number of morpholine rings is 1. The fourth-order valence-corrected chi connectivity index (χ4v) is 3.50. The van der Waals surface area contributed by atoms with Crippen LogP contribution in [0.15, 0.2) is 29.3 Å². The average molecular weight is 492 g/mol. The number of aliphatic imine (C=N–C) groups is 1. The van der Waals surface area contributed by atoms with Crippen LogP contribution in [0, 0.1) is 5.82 Å². The third kappa shape index (κ3) is 6.76. The second-order valence-electron chi connectivity index (χ2n) is 6.67. The highest BCUT2D eigenvalue weighted by molar-refractivity contribution is 14.0. The summed E-state index contributed by atoms with van der Waals surface area (Å²) in [7, 11) is 1.83. The number of ether oxygens (including phenoxy) is 2. The summed E-state index contributed by atoms with van der Waals surface area (Å²) in [6.07, 6.45) is 2.03. The van der Waals surface area contributed by atoms with E-state index < -0.39 is 0 Å². The molecule has 1 atom stereocenters. The number of rotatable bonds is 6. The van der Waals surface area contributed by atoms with E-state index in [9.17, 15) is 4.39 Å². The van der Waals surface area contributed by atoms with Gasteiger partial charge in [-0.2, -0.15) is 0 Å². The number of nitrogens with zero attached hydrogens (tertiary/aromatic N) is 3. The molecule has 1 N–H and O–H groups in total. The largest absolute Gasteiger partial charge is 0.494 e. The van der Waals surface area contributed by atoms with Crippen LogP contribution in [-0.2, 0) is 4.74 Å². The minimum atomic E-state index is -0.246. The van der Waals surface area contributed by atoms with Crippen molar-refractivity contribution in [2.45, 2.75) is 18.9 Å². The Morgan fingerprint density at radius 2 is 2.00 bits per heavy atom. The predicted molar refractivity (Wildman–Crippen MR) is 116 cm³/mol. The van der Waals surface area contributed by atoms with Crippen molar-refractivity contribution >= 4 is 29.9 Å². The van der Waals surface area contributed by atoms with E-state index >= 15 is 0 Å². The summed E-state index contributed by atoms with van der Waals surface area (Å²) < 4.78 is 23.9. The first-order valence-electron chi connectivity index (χ1n) is 9.42. The second-order valence-corrected chi connectivity index (χ2v) is 6.67. The molecule has 1 aromatic rings. The smallest absolute Gasteiger partial charge is 0.193 e. The summed E-state index contributed by atoms with van der Waals surface area (Å²) in [5.41, 5.74) is 0. The van der Waals surface area contributed by atoms with Crippen LogP contribution in [0.3, 0.4) is 0 Å².